The largest absolute Gasteiger partial charge is 0.444 e. The maximum absolute atomic E-state index is 12.1. The molecule has 104 valence electrons. The SMILES string of the molecule is CC1CN(CC2CC2)CCN1C(=O)OC(C)(C)C. The highest BCUT2D eigenvalue weighted by molar-refractivity contribution is 5.68. The van der Waals surface area contributed by atoms with E-state index >= 15 is 0 Å². The van der Waals surface area contributed by atoms with Crippen LogP contribution in [-0.2, 0) is 4.74 Å². The molecule has 2 fully saturated rings. The van der Waals surface area contributed by atoms with Gasteiger partial charge in [-0.25, -0.2) is 4.79 Å². The molecule has 1 aliphatic carbocycles. The summed E-state index contributed by atoms with van der Waals surface area (Å²) >= 11 is 0. The predicted octanol–water partition coefficient (Wildman–Crippen LogP) is 2.34. The van der Waals surface area contributed by atoms with Gasteiger partial charge in [0.15, 0.2) is 0 Å². The lowest BCUT2D eigenvalue weighted by molar-refractivity contribution is 0.00104. The first-order chi connectivity index (χ1) is 8.35. The van der Waals surface area contributed by atoms with Crippen LogP contribution in [0.2, 0.25) is 0 Å². The van der Waals surface area contributed by atoms with Crippen LogP contribution < -0.4 is 0 Å². The minimum Gasteiger partial charge on any atom is -0.444 e. The van der Waals surface area contributed by atoms with Crippen molar-refractivity contribution >= 4 is 6.09 Å². The van der Waals surface area contributed by atoms with Gasteiger partial charge in [-0.1, -0.05) is 0 Å². The van der Waals surface area contributed by atoms with Gasteiger partial charge in [0.1, 0.15) is 5.60 Å². The molecule has 1 saturated carbocycles. The second kappa shape index (κ2) is 5.08. The molecule has 2 rings (SSSR count). The molecule has 1 heterocycles. The summed E-state index contributed by atoms with van der Waals surface area (Å²) in [5.74, 6) is 0.922. The molecule has 2 aliphatic rings. The molecule has 0 radical (unpaired) electrons. The normalized spacial score (nSPS) is 26.2. The van der Waals surface area contributed by atoms with E-state index in [0.717, 1.165) is 25.6 Å². The maximum Gasteiger partial charge on any atom is 0.410 e. The lowest BCUT2D eigenvalue weighted by Crippen LogP contribution is -2.55. The fraction of sp³-hybridized carbons (Fsp3) is 0.929. The van der Waals surface area contributed by atoms with Gasteiger partial charge in [-0.05, 0) is 46.5 Å². The quantitative estimate of drug-likeness (QED) is 0.758. The van der Waals surface area contributed by atoms with E-state index in [9.17, 15) is 4.79 Å². The molecule has 18 heavy (non-hydrogen) atoms. The number of hydrogen-bond acceptors (Lipinski definition) is 3. The minimum absolute atomic E-state index is 0.166. The Morgan fingerprint density at radius 1 is 1.28 bits per heavy atom. The summed E-state index contributed by atoms with van der Waals surface area (Å²) in [6.07, 6.45) is 2.61. The number of nitrogens with zero attached hydrogens (tertiary/aromatic N) is 2. The van der Waals surface area contributed by atoms with Crippen LogP contribution in [0.3, 0.4) is 0 Å². The van der Waals surface area contributed by atoms with Crippen molar-refractivity contribution in [3.05, 3.63) is 0 Å². The number of hydrogen-bond donors (Lipinski definition) is 0. The van der Waals surface area contributed by atoms with Gasteiger partial charge in [-0.3, -0.25) is 4.90 Å². The molecule has 1 unspecified atom stereocenters. The summed E-state index contributed by atoms with van der Waals surface area (Å²) in [5, 5.41) is 0. The Balaban J connectivity index is 1.82. The topological polar surface area (TPSA) is 32.8 Å². The molecular formula is C14H26N2O2. The first-order valence-electron chi connectivity index (χ1n) is 7.07. The van der Waals surface area contributed by atoms with Crippen LogP contribution in [0.15, 0.2) is 0 Å². The lowest BCUT2D eigenvalue weighted by atomic mass is 10.2. The molecule has 0 aromatic carbocycles. The predicted molar refractivity (Wildman–Crippen MR) is 71.6 cm³/mol. The zero-order chi connectivity index (χ0) is 13.3. The molecule has 0 aromatic heterocycles. The Morgan fingerprint density at radius 2 is 1.94 bits per heavy atom. The van der Waals surface area contributed by atoms with Crippen molar-refractivity contribution in [1.82, 2.24) is 9.80 Å². The van der Waals surface area contributed by atoms with Crippen molar-refractivity contribution in [3.63, 3.8) is 0 Å². The number of piperazine rings is 1. The third-order valence-electron chi connectivity index (χ3n) is 3.55. The second-order valence-electron chi connectivity index (χ2n) is 6.73. The number of carbonyl (C=O) groups excluding carboxylic acids is 1. The van der Waals surface area contributed by atoms with Crippen molar-refractivity contribution in [2.24, 2.45) is 5.92 Å². The maximum atomic E-state index is 12.1. The van der Waals surface area contributed by atoms with Crippen LogP contribution in [0.25, 0.3) is 0 Å². The van der Waals surface area contributed by atoms with Crippen LogP contribution in [0.4, 0.5) is 4.79 Å². The van der Waals surface area contributed by atoms with Crippen LogP contribution in [0.1, 0.15) is 40.5 Å². The van der Waals surface area contributed by atoms with Crippen LogP contribution in [-0.4, -0.2) is 53.7 Å². The van der Waals surface area contributed by atoms with Gasteiger partial charge in [0, 0.05) is 32.2 Å². The highest BCUT2D eigenvalue weighted by atomic mass is 16.6. The van der Waals surface area contributed by atoms with Crippen LogP contribution >= 0.6 is 0 Å². The second-order valence-corrected chi connectivity index (χ2v) is 6.73. The monoisotopic (exact) mass is 254 g/mol. The highest BCUT2D eigenvalue weighted by Crippen LogP contribution is 2.30. The first-order valence-corrected chi connectivity index (χ1v) is 7.07. The summed E-state index contributed by atoms with van der Waals surface area (Å²) in [5.41, 5.74) is -0.401. The molecule has 0 aromatic rings. The standard InChI is InChI=1S/C14H26N2O2/c1-11-9-15(10-12-5-6-12)7-8-16(11)13(17)18-14(2,3)4/h11-12H,5-10H2,1-4H3. The van der Waals surface area contributed by atoms with Crippen molar-refractivity contribution in [2.45, 2.75) is 52.2 Å². The molecule has 1 aliphatic heterocycles. The van der Waals surface area contributed by atoms with Crippen molar-refractivity contribution in [2.75, 3.05) is 26.2 Å². The summed E-state index contributed by atoms with van der Waals surface area (Å²) in [6, 6.07) is 0.257. The Labute approximate surface area is 110 Å². The average molecular weight is 254 g/mol. The molecular weight excluding hydrogens is 228 g/mol. The summed E-state index contributed by atoms with van der Waals surface area (Å²) in [7, 11) is 0. The van der Waals surface area contributed by atoms with Gasteiger partial charge in [-0.15, -0.1) is 0 Å². The average Bonchev–Trinajstić information content (AvgIpc) is 2.98. The summed E-state index contributed by atoms with van der Waals surface area (Å²) in [6.45, 7) is 11.8. The van der Waals surface area contributed by atoms with E-state index in [1.165, 1.54) is 19.4 Å². The van der Waals surface area contributed by atoms with Crippen molar-refractivity contribution in [1.29, 1.82) is 0 Å². The fourth-order valence-corrected chi connectivity index (χ4v) is 2.46. The lowest BCUT2D eigenvalue weighted by Gasteiger charge is -2.40. The Bertz CT molecular complexity index is 307. The third-order valence-corrected chi connectivity index (χ3v) is 3.55. The molecule has 1 saturated heterocycles. The van der Waals surface area contributed by atoms with Gasteiger partial charge < -0.3 is 9.64 Å². The summed E-state index contributed by atoms with van der Waals surface area (Å²) in [4.78, 5) is 16.4. The number of rotatable bonds is 2. The Hall–Kier alpha value is -0.770. The van der Waals surface area contributed by atoms with E-state index in [0.29, 0.717) is 0 Å². The number of carbonyl (C=O) groups is 1. The molecule has 4 nitrogen and oxygen atoms in total. The molecule has 1 amide bonds. The number of amides is 1. The van der Waals surface area contributed by atoms with Gasteiger partial charge in [0.2, 0.25) is 0 Å². The summed E-state index contributed by atoms with van der Waals surface area (Å²) < 4.78 is 5.44. The van der Waals surface area contributed by atoms with E-state index in [1.807, 2.05) is 25.7 Å². The van der Waals surface area contributed by atoms with Crippen molar-refractivity contribution in [3.8, 4) is 0 Å². The van der Waals surface area contributed by atoms with E-state index in [2.05, 4.69) is 11.8 Å². The van der Waals surface area contributed by atoms with Gasteiger partial charge >= 0.3 is 6.09 Å². The zero-order valence-corrected chi connectivity index (χ0v) is 12.1. The van der Waals surface area contributed by atoms with Gasteiger partial charge in [-0.2, -0.15) is 0 Å². The molecule has 0 N–H and O–H groups in total. The van der Waals surface area contributed by atoms with Crippen LogP contribution in [0, 0.1) is 5.92 Å². The third kappa shape index (κ3) is 3.87. The molecule has 0 bridgehead atoms. The molecule has 1 atom stereocenters. The first kappa shape index (κ1) is 13.7. The Morgan fingerprint density at radius 3 is 2.44 bits per heavy atom. The van der Waals surface area contributed by atoms with E-state index in [-0.39, 0.29) is 12.1 Å². The van der Waals surface area contributed by atoms with Gasteiger partial charge in [0.25, 0.3) is 0 Å². The highest BCUT2D eigenvalue weighted by Gasteiger charge is 2.33. The molecule has 4 heteroatoms. The fourth-order valence-electron chi connectivity index (χ4n) is 2.46. The zero-order valence-electron chi connectivity index (χ0n) is 12.1. The van der Waals surface area contributed by atoms with E-state index in [1.54, 1.807) is 0 Å². The minimum atomic E-state index is -0.401. The van der Waals surface area contributed by atoms with E-state index in [4.69, 9.17) is 4.74 Å². The van der Waals surface area contributed by atoms with E-state index < -0.39 is 5.60 Å². The van der Waals surface area contributed by atoms with Crippen molar-refractivity contribution < 1.29 is 9.53 Å². The Kier molecular flexibility index (Phi) is 3.85. The van der Waals surface area contributed by atoms with Gasteiger partial charge in [0.05, 0.1) is 0 Å². The molecule has 0 spiro atoms. The smallest absolute Gasteiger partial charge is 0.410 e. The van der Waals surface area contributed by atoms with Crippen LogP contribution in [0.5, 0.6) is 0 Å². The number of ether oxygens (including phenoxy) is 1.